The van der Waals surface area contributed by atoms with Gasteiger partial charge < -0.3 is 10.7 Å². The molecular formula is C15H17ClN4O. The number of rotatable bonds is 5. The number of hydrogen-bond acceptors (Lipinski definition) is 4. The van der Waals surface area contributed by atoms with E-state index in [1.54, 1.807) is 6.07 Å². The first-order valence-electron chi connectivity index (χ1n) is 6.56. The maximum Gasteiger partial charge on any atom is 0.251 e. The smallest absolute Gasteiger partial charge is 0.251 e. The van der Waals surface area contributed by atoms with Crippen molar-refractivity contribution in [2.45, 2.75) is 13.3 Å². The van der Waals surface area contributed by atoms with Crippen LogP contribution in [-0.2, 0) is 6.42 Å². The number of amides is 1. The fourth-order valence-corrected chi connectivity index (χ4v) is 2.20. The average molecular weight is 305 g/mol. The highest BCUT2D eigenvalue weighted by Crippen LogP contribution is 2.13. The molecule has 0 radical (unpaired) electrons. The summed E-state index contributed by atoms with van der Waals surface area (Å²) in [5.41, 5.74) is 5.19. The van der Waals surface area contributed by atoms with Crippen LogP contribution in [0.25, 0.3) is 0 Å². The van der Waals surface area contributed by atoms with Crippen molar-refractivity contribution >= 4 is 23.3 Å². The second kappa shape index (κ2) is 7.06. The molecule has 0 aliphatic carbocycles. The van der Waals surface area contributed by atoms with Crippen molar-refractivity contribution in [3.63, 3.8) is 0 Å². The number of aryl methyl sites for hydroxylation is 1. The highest BCUT2D eigenvalue weighted by molar-refractivity contribution is 6.29. The molecule has 1 amide bonds. The summed E-state index contributed by atoms with van der Waals surface area (Å²) in [7, 11) is 0. The van der Waals surface area contributed by atoms with E-state index < -0.39 is 0 Å². The van der Waals surface area contributed by atoms with Crippen LogP contribution in [0.15, 0.2) is 36.4 Å². The topological polar surface area (TPSA) is 80.0 Å². The molecule has 2 rings (SSSR count). The summed E-state index contributed by atoms with van der Waals surface area (Å²) in [4.78, 5) is 16.0. The molecule has 0 saturated heterocycles. The molecule has 0 fully saturated rings. The molecule has 0 unspecified atom stereocenters. The van der Waals surface area contributed by atoms with E-state index in [2.05, 4.69) is 21.8 Å². The van der Waals surface area contributed by atoms with Crippen molar-refractivity contribution in [2.24, 2.45) is 5.84 Å². The third-order valence-corrected chi connectivity index (χ3v) is 3.18. The van der Waals surface area contributed by atoms with Crippen LogP contribution in [0.5, 0.6) is 0 Å². The van der Waals surface area contributed by atoms with Gasteiger partial charge in [0.2, 0.25) is 0 Å². The van der Waals surface area contributed by atoms with Gasteiger partial charge >= 0.3 is 0 Å². The molecule has 0 aliphatic rings. The number of anilines is 1. The molecule has 5 nitrogen and oxygen atoms in total. The van der Waals surface area contributed by atoms with Gasteiger partial charge in [0.15, 0.2) is 0 Å². The average Bonchev–Trinajstić information content (AvgIpc) is 2.46. The van der Waals surface area contributed by atoms with Gasteiger partial charge in [-0.1, -0.05) is 41.4 Å². The molecule has 0 atom stereocenters. The predicted molar refractivity (Wildman–Crippen MR) is 84.3 cm³/mol. The van der Waals surface area contributed by atoms with Gasteiger partial charge in [-0.2, -0.15) is 0 Å². The number of carbonyl (C=O) groups excluding carboxylic acids is 1. The maximum absolute atomic E-state index is 12.1. The Morgan fingerprint density at radius 1 is 1.33 bits per heavy atom. The van der Waals surface area contributed by atoms with E-state index in [1.807, 2.05) is 25.1 Å². The molecule has 1 heterocycles. The fraction of sp³-hybridized carbons (Fsp3) is 0.200. The first-order chi connectivity index (χ1) is 10.1. The standard InChI is InChI=1S/C15H17ClN4O/c1-10-3-2-4-11(7-10)5-6-18-15(21)12-8-13(16)19-14(9-12)20-17/h2-4,7-9H,5-6,17H2,1H3,(H,18,21)(H,19,20). The van der Waals surface area contributed by atoms with Crippen LogP contribution < -0.4 is 16.6 Å². The fourth-order valence-electron chi connectivity index (χ4n) is 1.99. The zero-order valence-corrected chi connectivity index (χ0v) is 12.4. The zero-order valence-electron chi connectivity index (χ0n) is 11.7. The minimum Gasteiger partial charge on any atom is -0.352 e. The maximum atomic E-state index is 12.1. The van der Waals surface area contributed by atoms with E-state index in [1.165, 1.54) is 17.2 Å². The predicted octanol–water partition coefficient (Wildman–Crippen LogP) is 2.30. The lowest BCUT2D eigenvalue weighted by Crippen LogP contribution is -2.26. The summed E-state index contributed by atoms with van der Waals surface area (Å²) in [6, 6.07) is 11.2. The minimum atomic E-state index is -0.205. The highest BCUT2D eigenvalue weighted by atomic mass is 35.5. The van der Waals surface area contributed by atoms with Crippen LogP contribution in [0.2, 0.25) is 5.15 Å². The van der Waals surface area contributed by atoms with Crippen LogP contribution >= 0.6 is 11.6 Å². The van der Waals surface area contributed by atoms with Crippen molar-refractivity contribution in [3.05, 3.63) is 58.2 Å². The van der Waals surface area contributed by atoms with Crippen molar-refractivity contribution in [1.29, 1.82) is 0 Å². The second-order valence-electron chi connectivity index (χ2n) is 4.70. The summed E-state index contributed by atoms with van der Waals surface area (Å²) in [6.45, 7) is 2.59. The van der Waals surface area contributed by atoms with Gasteiger partial charge in [-0.25, -0.2) is 10.8 Å². The van der Waals surface area contributed by atoms with Gasteiger partial charge in [-0.3, -0.25) is 4.79 Å². The molecule has 6 heteroatoms. The molecule has 0 aliphatic heterocycles. The molecule has 4 N–H and O–H groups in total. The number of nitrogens with zero attached hydrogens (tertiary/aromatic N) is 1. The molecule has 1 aromatic heterocycles. The van der Waals surface area contributed by atoms with E-state index in [0.717, 1.165) is 6.42 Å². The highest BCUT2D eigenvalue weighted by Gasteiger charge is 2.08. The van der Waals surface area contributed by atoms with E-state index in [9.17, 15) is 4.79 Å². The van der Waals surface area contributed by atoms with Gasteiger partial charge in [0, 0.05) is 12.1 Å². The first kappa shape index (κ1) is 15.3. The molecule has 110 valence electrons. The number of nitrogens with one attached hydrogen (secondary N) is 2. The Bertz CT molecular complexity index is 645. The lowest BCUT2D eigenvalue weighted by Gasteiger charge is -2.08. The second-order valence-corrected chi connectivity index (χ2v) is 5.09. The minimum absolute atomic E-state index is 0.205. The molecule has 0 bridgehead atoms. The molecule has 0 saturated carbocycles. The van der Waals surface area contributed by atoms with Crippen LogP contribution in [0, 0.1) is 6.92 Å². The molecule has 21 heavy (non-hydrogen) atoms. The Balaban J connectivity index is 1.94. The van der Waals surface area contributed by atoms with Gasteiger partial charge in [0.25, 0.3) is 5.91 Å². The number of halogens is 1. The van der Waals surface area contributed by atoms with Gasteiger partial charge in [-0.05, 0) is 31.0 Å². The molecule has 2 aromatic rings. The molecule has 0 spiro atoms. The van der Waals surface area contributed by atoms with Crippen LogP contribution in [-0.4, -0.2) is 17.4 Å². The van der Waals surface area contributed by atoms with E-state index in [0.29, 0.717) is 17.9 Å². The van der Waals surface area contributed by atoms with Crippen LogP contribution in [0.4, 0.5) is 5.82 Å². The number of carbonyl (C=O) groups is 1. The Labute approximate surface area is 128 Å². The van der Waals surface area contributed by atoms with E-state index in [-0.39, 0.29) is 11.1 Å². The van der Waals surface area contributed by atoms with Crippen LogP contribution in [0.1, 0.15) is 21.5 Å². The molecular weight excluding hydrogens is 288 g/mol. The van der Waals surface area contributed by atoms with Gasteiger partial charge in [-0.15, -0.1) is 0 Å². The Morgan fingerprint density at radius 3 is 2.86 bits per heavy atom. The van der Waals surface area contributed by atoms with Gasteiger partial charge in [0.1, 0.15) is 11.0 Å². The van der Waals surface area contributed by atoms with Crippen molar-refractivity contribution in [1.82, 2.24) is 10.3 Å². The number of hydrazine groups is 1. The van der Waals surface area contributed by atoms with Gasteiger partial charge in [0.05, 0.1) is 0 Å². The number of nitrogen functional groups attached to an aromatic ring is 1. The SMILES string of the molecule is Cc1cccc(CCNC(=O)c2cc(Cl)nc(NN)c2)c1. The number of pyridine rings is 1. The van der Waals surface area contributed by atoms with E-state index in [4.69, 9.17) is 17.4 Å². The normalized spacial score (nSPS) is 10.2. The zero-order chi connectivity index (χ0) is 15.2. The quantitative estimate of drug-likeness (QED) is 0.450. The lowest BCUT2D eigenvalue weighted by molar-refractivity contribution is 0.0954. The monoisotopic (exact) mass is 304 g/mol. The largest absolute Gasteiger partial charge is 0.352 e. The number of benzene rings is 1. The third-order valence-electron chi connectivity index (χ3n) is 2.99. The van der Waals surface area contributed by atoms with Crippen molar-refractivity contribution in [2.75, 3.05) is 12.0 Å². The molecule has 1 aromatic carbocycles. The summed E-state index contributed by atoms with van der Waals surface area (Å²) in [5, 5.41) is 3.07. The Morgan fingerprint density at radius 2 is 2.14 bits per heavy atom. The number of nitrogens with two attached hydrogens (primary N) is 1. The summed E-state index contributed by atoms with van der Waals surface area (Å²) in [6.07, 6.45) is 0.772. The lowest BCUT2D eigenvalue weighted by atomic mass is 10.1. The Hall–Kier alpha value is -2.11. The van der Waals surface area contributed by atoms with Crippen LogP contribution in [0.3, 0.4) is 0 Å². The number of hydrogen-bond donors (Lipinski definition) is 3. The summed E-state index contributed by atoms with van der Waals surface area (Å²) >= 11 is 5.83. The number of aromatic nitrogens is 1. The first-order valence-corrected chi connectivity index (χ1v) is 6.94. The van der Waals surface area contributed by atoms with Crippen molar-refractivity contribution in [3.8, 4) is 0 Å². The third kappa shape index (κ3) is 4.44. The van der Waals surface area contributed by atoms with E-state index >= 15 is 0 Å². The Kier molecular flexibility index (Phi) is 5.14. The van der Waals surface area contributed by atoms with Crippen molar-refractivity contribution < 1.29 is 4.79 Å². The summed E-state index contributed by atoms with van der Waals surface area (Å²) in [5.74, 6) is 5.42. The summed E-state index contributed by atoms with van der Waals surface area (Å²) < 4.78 is 0.